The Balaban J connectivity index is 2.08. The van der Waals surface area contributed by atoms with Gasteiger partial charge in [-0.15, -0.1) is 0 Å². The van der Waals surface area contributed by atoms with E-state index in [1.165, 1.54) is 18.6 Å². The summed E-state index contributed by atoms with van der Waals surface area (Å²) in [7, 11) is 0. The first-order chi connectivity index (χ1) is 9.06. The van der Waals surface area contributed by atoms with E-state index < -0.39 is 0 Å². The molecule has 0 aliphatic carbocycles. The van der Waals surface area contributed by atoms with Crippen molar-refractivity contribution in [3.05, 3.63) is 34.6 Å². The molecule has 2 unspecified atom stereocenters. The van der Waals surface area contributed by atoms with Crippen molar-refractivity contribution in [3.63, 3.8) is 0 Å². The van der Waals surface area contributed by atoms with Crippen LogP contribution in [0.5, 0.6) is 0 Å². The predicted octanol–water partition coefficient (Wildman–Crippen LogP) is 3.60. The molecule has 0 amide bonds. The molecule has 1 aromatic carbocycles. The zero-order chi connectivity index (χ0) is 13.8. The van der Waals surface area contributed by atoms with Crippen LogP contribution in [0.3, 0.4) is 0 Å². The molecule has 0 radical (unpaired) electrons. The molecule has 106 valence electrons. The van der Waals surface area contributed by atoms with Gasteiger partial charge in [-0.2, -0.15) is 0 Å². The maximum Gasteiger partial charge on any atom is 0.123 e. The highest BCUT2D eigenvalue weighted by atomic mass is 35.5. The van der Waals surface area contributed by atoms with Crippen molar-refractivity contribution in [2.24, 2.45) is 0 Å². The lowest BCUT2D eigenvalue weighted by molar-refractivity contribution is 0.0817. The first-order valence-corrected chi connectivity index (χ1v) is 7.30. The third kappa shape index (κ3) is 4.16. The van der Waals surface area contributed by atoms with Gasteiger partial charge < -0.3 is 5.11 Å². The van der Waals surface area contributed by atoms with Crippen molar-refractivity contribution in [2.75, 3.05) is 6.54 Å². The average molecular weight is 286 g/mol. The number of rotatable bonds is 4. The summed E-state index contributed by atoms with van der Waals surface area (Å²) in [4.78, 5) is 2.32. The van der Waals surface area contributed by atoms with Crippen LogP contribution in [0.2, 0.25) is 5.02 Å². The molecule has 0 spiro atoms. The van der Waals surface area contributed by atoms with E-state index in [2.05, 4.69) is 4.90 Å². The summed E-state index contributed by atoms with van der Waals surface area (Å²) in [6.07, 6.45) is 3.92. The first kappa shape index (κ1) is 14.8. The summed E-state index contributed by atoms with van der Waals surface area (Å²) in [5.74, 6) is -0.247. The van der Waals surface area contributed by atoms with Crippen molar-refractivity contribution in [3.8, 4) is 0 Å². The lowest BCUT2D eigenvalue weighted by Crippen LogP contribution is -2.40. The van der Waals surface area contributed by atoms with E-state index in [4.69, 9.17) is 11.6 Å². The normalized spacial score (nSPS) is 22.4. The molecule has 1 N–H and O–H groups in total. The van der Waals surface area contributed by atoms with Crippen LogP contribution in [0, 0.1) is 5.82 Å². The first-order valence-electron chi connectivity index (χ1n) is 6.92. The fraction of sp³-hybridized carbons (Fsp3) is 0.600. The van der Waals surface area contributed by atoms with Gasteiger partial charge in [0.1, 0.15) is 5.82 Å². The molecule has 2 atom stereocenters. The highest BCUT2D eigenvalue weighted by molar-refractivity contribution is 6.31. The van der Waals surface area contributed by atoms with Crippen LogP contribution in [0.1, 0.15) is 38.2 Å². The van der Waals surface area contributed by atoms with E-state index in [0.717, 1.165) is 31.4 Å². The summed E-state index contributed by atoms with van der Waals surface area (Å²) in [6.45, 7) is 3.47. The van der Waals surface area contributed by atoms with E-state index in [0.29, 0.717) is 17.6 Å². The van der Waals surface area contributed by atoms with E-state index in [-0.39, 0.29) is 11.9 Å². The summed E-state index contributed by atoms with van der Waals surface area (Å²) in [5, 5.41) is 10.2. The van der Waals surface area contributed by atoms with Gasteiger partial charge in [0.05, 0.1) is 6.10 Å². The maximum atomic E-state index is 13.3. The van der Waals surface area contributed by atoms with Gasteiger partial charge in [0, 0.05) is 17.6 Å². The zero-order valence-electron chi connectivity index (χ0n) is 11.3. The smallest absolute Gasteiger partial charge is 0.123 e. The summed E-state index contributed by atoms with van der Waals surface area (Å²) >= 11 is 6.13. The fourth-order valence-corrected chi connectivity index (χ4v) is 2.99. The highest BCUT2D eigenvalue weighted by Crippen LogP contribution is 2.26. The topological polar surface area (TPSA) is 23.5 Å². The van der Waals surface area contributed by atoms with Crippen molar-refractivity contribution in [2.45, 2.75) is 51.3 Å². The number of hydrogen-bond donors (Lipinski definition) is 1. The largest absolute Gasteiger partial charge is 0.393 e. The van der Waals surface area contributed by atoms with Crippen LogP contribution in [0.15, 0.2) is 18.2 Å². The molecule has 0 saturated carbocycles. The number of benzene rings is 1. The lowest BCUT2D eigenvalue weighted by atomic mass is 9.96. The minimum Gasteiger partial charge on any atom is -0.393 e. The van der Waals surface area contributed by atoms with E-state index in [1.807, 2.05) is 6.92 Å². The summed E-state index contributed by atoms with van der Waals surface area (Å²) < 4.78 is 13.3. The number of hydrogen-bond acceptors (Lipinski definition) is 2. The van der Waals surface area contributed by atoms with Crippen LogP contribution in [-0.2, 0) is 6.54 Å². The molecule has 19 heavy (non-hydrogen) atoms. The molecule has 1 fully saturated rings. The second-order valence-electron chi connectivity index (χ2n) is 5.44. The van der Waals surface area contributed by atoms with Crippen LogP contribution >= 0.6 is 11.6 Å². The third-order valence-corrected chi connectivity index (χ3v) is 4.11. The molecule has 1 aliphatic heterocycles. The maximum absolute atomic E-state index is 13.3. The SMILES string of the molecule is CC(O)CC1CCCCN1Cc1cc(F)ccc1Cl. The second kappa shape index (κ2) is 6.69. The van der Waals surface area contributed by atoms with Gasteiger partial charge in [-0.25, -0.2) is 4.39 Å². The van der Waals surface area contributed by atoms with Crippen LogP contribution in [0.25, 0.3) is 0 Å². The number of aliphatic hydroxyl groups excluding tert-OH is 1. The van der Waals surface area contributed by atoms with Crippen LogP contribution in [0.4, 0.5) is 4.39 Å². The highest BCUT2D eigenvalue weighted by Gasteiger charge is 2.24. The van der Waals surface area contributed by atoms with E-state index in [9.17, 15) is 9.50 Å². The Morgan fingerprint density at radius 1 is 1.47 bits per heavy atom. The number of nitrogens with zero attached hydrogens (tertiary/aromatic N) is 1. The Morgan fingerprint density at radius 2 is 2.26 bits per heavy atom. The van der Waals surface area contributed by atoms with Crippen LogP contribution in [-0.4, -0.2) is 28.7 Å². The quantitative estimate of drug-likeness (QED) is 0.914. The van der Waals surface area contributed by atoms with Crippen molar-refractivity contribution in [1.82, 2.24) is 4.90 Å². The molecule has 1 heterocycles. The van der Waals surface area contributed by atoms with Crippen molar-refractivity contribution >= 4 is 11.6 Å². The molecular formula is C15H21ClFNO. The average Bonchev–Trinajstić information content (AvgIpc) is 2.35. The fourth-order valence-electron chi connectivity index (χ4n) is 2.81. The zero-order valence-corrected chi connectivity index (χ0v) is 12.0. The number of likely N-dealkylation sites (tertiary alicyclic amines) is 1. The number of halogens is 2. The monoisotopic (exact) mass is 285 g/mol. The molecular weight excluding hydrogens is 265 g/mol. The summed E-state index contributed by atoms with van der Waals surface area (Å²) in [5.41, 5.74) is 0.833. The Morgan fingerprint density at radius 3 is 3.00 bits per heavy atom. The molecule has 0 aromatic heterocycles. The van der Waals surface area contributed by atoms with Gasteiger partial charge in [0.15, 0.2) is 0 Å². The van der Waals surface area contributed by atoms with Crippen molar-refractivity contribution < 1.29 is 9.50 Å². The Labute approximate surface area is 119 Å². The number of aliphatic hydroxyl groups is 1. The van der Waals surface area contributed by atoms with E-state index in [1.54, 1.807) is 6.07 Å². The van der Waals surface area contributed by atoms with Gasteiger partial charge in [-0.3, -0.25) is 4.90 Å². The Bertz CT molecular complexity index is 425. The molecule has 1 aromatic rings. The van der Waals surface area contributed by atoms with Gasteiger partial charge in [-0.1, -0.05) is 18.0 Å². The Kier molecular flexibility index (Phi) is 5.20. The van der Waals surface area contributed by atoms with Gasteiger partial charge in [-0.05, 0) is 56.5 Å². The minimum absolute atomic E-state index is 0.247. The predicted molar refractivity (Wildman–Crippen MR) is 75.8 cm³/mol. The lowest BCUT2D eigenvalue weighted by Gasteiger charge is -2.36. The molecule has 2 nitrogen and oxygen atoms in total. The van der Waals surface area contributed by atoms with E-state index >= 15 is 0 Å². The third-order valence-electron chi connectivity index (χ3n) is 3.74. The molecule has 0 bridgehead atoms. The standard InChI is InChI=1S/C15H21ClFNO/c1-11(19)8-14-4-2-3-7-18(14)10-12-9-13(17)5-6-15(12)16/h5-6,9,11,14,19H,2-4,7-8,10H2,1H3. The van der Waals surface area contributed by atoms with Crippen molar-refractivity contribution in [1.29, 1.82) is 0 Å². The summed E-state index contributed by atoms with van der Waals surface area (Å²) in [6, 6.07) is 4.87. The second-order valence-corrected chi connectivity index (χ2v) is 5.85. The van der Waals surface area contributed by atoms with Gasteiger partial charge in [0.2, 0.25) is 0 Å². The Hall–Kier alpha value is -0.640. The molecule has 2 rings (SSSR count). The van der Waals surface area contributed by atoms with Gasteiger partial charge in [0.25, 0.3) is 0 Å². The molecule has 1 aliphatic rings. The molecule has 1 saturated heterocycles. The number of piperidine rings is 1. The van der Waals surface area contributed by atoms with Crippen LogP contribution < -0.4 is 0 Å². The van der Waals surface area contributed by atoms with Gasteiger partial charge >= 0.3 is 0 Å². The molecule has 4 heteroatoms. The minimum atomic E-state index is -0.298.